The van der Waals surface area contributed by atoms with E-state index in [0.29, 0.717) is 0 Å². The summed E-state index contributed by atoms with van der Waals surface area (Å²) in [4.78, 5) is 0. The summed E-state index contributed by atoms with van der Waals surface area (Å²) in [5.41, 5.74) is 7.33. The van der Waals surface area contributed by atoms with Crippen LogP contribution >= 0.6 is 0 Å². The van der Waals surface area contributed by atoms with Gasteiger partial charge in [0.2, 0.25) is 0 Å². The molecule has 0 saturated carbocycles. The van der Waals surface area contributed by atoms with Crippen molar-refractivity contribution >= 4 is 0 Å². The Morgan fingerprint density at radius 1 is 0.917 bits per heavy atom. The fourth-order valence-corrected chi connectivity index (χ4v) is 5.42. The molecular weight excluding hydrogens is 403 g/mol. The van der Waals surface area contributed by atoms with Crippen LogP contribution in [-0.2, 0) is 10.8 Å². The summed E-state index contributed by atoms with van der Waals surface area (Å²) in [6.45, 7) is 4.23. The van der Waals surface area contributed by atoms with E-state index in [1.807, 2.05) is 6.07 Å². The van der Waals surface area contributed by atoms with Crippen LogP contribution in [0.25, 0.3) is 0 Å². The number of halogens is 1. The van der Waals surface area contributed by atoms with Crippen LogP contribution in [0.2, 0.25) is 0 Å². The van der Waals surface area contributed by atoms with E-state index in [1.54, 1.807) is 0 Å². The molecule has 0 heterocycles. The van der Waals surface area contributed by atoms with E-state index >= 15 is 0 Å². The van der Waals surface area contributed by atoms with E-state index < -0.39 is 0 Å². The average molecular weight is 427 g/mol. The van der Waals surface area contributed by atoms with Crippen LogP contribution in [0.3, 0.4) is 0 Å². The first-order valence-electron chi connectivity index (χ1n) is 8.30. The van der Waals surface area contributed by atoms with Crippen molar-refractivity contribution in [2.24, 2.45) is 0 Å². The zero-order valence-electron chi connectivity index (χ0n) is 14.5. The molecule has 0 amide bonds. The normalized spacial score (nSPS) is 10.3. The van der Waals surface area contributed by atoms with Crippen molar-refractivity contribution in [2.45, 2.75) is 37.5 Å². The van der Waals surface area contributed by atoms with Gasteiger partial charge in [-0.3, -0.25) is 0 Å². The second kappa shape index (κ2) is 9.55. The summed E-state index contributed by atoms with van der Waals surface area (Å²) >= 11 is 0.230. The minimum absolute atomic E-state index is 0.230. The van der Waals surface area contributed by atoms with Gasteiger partial charge >= 0.3 is 158 Å². The van der Waals surface area contributed by atoms with Gasteiger partial charge in [-0.15, -0.1) is 0 Å². The van der Waals surface area contributed by atoms with Crippen LogP contribution < -0.4 is 21.2 Å². The van der Waals surface area contributed by atoms with Crippen molar-refractivity contribution in [3.05, 3.63) is 69.8 Å². The number of unbranched alkanes of at least 4 members (excludes halogenated alkanes) is 1. The number of terminal acetylenes is 2. The molecule has 0 spiro atoms. The van der Waals surface area contributed by atoms with Crippen LogP contribution in [0.1, 0.15) is 46.2 Å². The average Bonchev–Trinajstić information content (AvgIpc) is 2.58. The Labute approximate surface area is 157 Å². The van der Waals surface area contributed by atoms with Gasteiger partial charge in [-0.1, -0.05) is 0 Å². The van der Waals surface area contributed by atoms with Gasteiger partial charge in [-0.2, -0.15) is 0 Å². The van der Waals surface area contributed by atoms with Gasteiger partial charge in [0.05, 0.1) is 0 Å². The maximum atomic E-state index is 5.57. The summed E-state index contributed by atoms with van der Waals surface area (Å²) in [6, 6.07) is 12.9. The van der Waals surface area contributed by atoms with Gasteiger partial charge in [-0.25, -0.2) is 0 Å². The topological polar surface area (TPSA) is 0 Å². The van der Waals surface area contributed by atoms with E-state index in [4.69, 9.17) is 12.8 Å². The standard InChI is InChI=1S/C23H24I/c1-5-20-11-9-12-22(16-20)17-24-13-8-7-10-21-14-18(3)23(6-2)19(4)15-21/h1-2,9,11-12,14-16H,7-8,10,13,17H2,3-4H3/q-1. The van der Waals surface area contributed by atoms with Gasteiger partial charge in [0.15, 0.2) is 0 Å². The molecule has 0 N–H and O–H groups in total. The van der Waals surface area contributed by atoms with E-state index in [-0.39, 0.29) is 21.2 Å². The molecule has 0 unspecified atom stereocenters. The summed E-state index contributed by atoms with van der Waals surface area (Å²) in [5.74, 6) is 5.50. The fraction of sp³-hybridized carbons (Fsp3) is 0.304. The Balaban J connectivity index is 1.72. The second-order valence-corrected chi connectivity index (χ2v) is 8.98. The van der Waals surface area contributed by atoms with Crippen LogP contribution in [0, 0.1) is 38.5 Å². The summed E-state index contributed by atoms with van der Waals surface area (Å²) in [7, 11) is 0. The summed E-state index contributed by atoms with van der Waals surface area (Å²) in [5, 5.41) is 0. The molecule has 2 aromatic rings. The maximum absolute atomic E-state index is 5.57. The zero-order valence-corrected chi connectivity index (χ0v) is 16.7. The molecule has 124 valence electrons. The van der Waals surface area contributed by atoms with Crippen LogP contribution in [0.15, 0.2) is 36.4 Å². The Hall–Kier alpha value is -1.71. The van der Waals surface area contributed by atoms with Gasteiger partial charge in [0.1, 0.15) is 0 Å². The first-order valence-corrected chi connectivity index (χ1v) is 11.3. The molecule has 0 aromatic heterocycles. The van der Waals surface area contributed by atoms with Crippen molar-refractivity contribution in [2.75, 3.05) is 4.43 Å². The molecule has 0 fully saturated rings. The number of hydrogen-bond acceptors (Lipinski definition) is 0. The number of aryl methyl sites for hydroxylation is 3. The quantitative estimate of drug-likeness (QED) is 0.274. The molecule has 0 nitrogen and oxygen atoms in total. The van der Waals surface area contributed by atoms with Crippen LogP contribution in [0.4, 0.5) is 0 Å². The Kier molecular flexibility index (Phi) is 7.41. The molecule has 0 bridgehead atoms. The van der Waals surface area contributed by atoms with Crippen molar-refractivity contribution in [3.8, 4) is 24.7 Å². The number of hydrogen-bond donors (Lipinski definition) is 0. The van der Waals surface area contributed by atoms with Crippen molar-refractivity contribution < 1.29 is 21.2 Å². The molecular formula is C23H24I-. The molecule has 0 aliphatic rings. The van der Waals surface area contributed by atoms with E-state index in [2.05, 4.69) is 56.0 Å². The molecule has 0 aliphatic heterocycles. The van der Waals surface area contributed by atoms with Gasteiger partial charge in [-0.05, 0) is 0 Å². The Morgan fingerprint density at radius 3 is 2.33 bits per heavy atom. The third-order valence-corrected chi connectivity index (χ3v) is 7.01. The summed E-state index contributed by atoms with van der Waals surface area (Å²) in [6.07, 6.45) is 14.8. The molecule has 2 aromatic carbocycles. The first-order chi connectivity index (χ1) is 11.6. The Morgan fingerprint density at radius 2 is 1.67 bits per heavy atom. The van der Waals surface area contributed by atoms with Gasteiger partial charge < -0.3 is 0 Å². The SMILES string of the molecule is C#Cc1cccc(C[I-]CCCCc2cc(C)c(C#C)c(C)c2)c1. The van der Waals surface area contributed by atoms with E-state index in [1.165, 1.54) is 44.0 Å². The van der Waals surface area contributed by atoms with Crippen LogP contribution in [0.5, 0.6) is 0 Å². The van der Waals surface area contributed by atoms with Crippen LogP contribution in [-0.4, -0.2) is 4.43 Å². The molecule has 0 radical (unpaired) electrons. The van der Waals surface area contributed by atoms with Gasteiger partial charge in [0.25, 0.3) is 0 Å². The monoisotopic (exact) mass is 427 g/mol. The van der Waals surface area contributed by atoms with Crippen molar-refractivity contribution in [1.29, 1.82) is 0 Å². The molecule has 1 heteroatoms. The first kappa shape index (κ1) is 18.6. The molecule has 0 atom stereocenters. The third-order valence-electron chi connectivity index (χ3n) is 4.06. The van der Waals surface area contributed by atoms with Gasteiger partial charge in [0, 0.05) is 0 Å². The van der Waals surface area contributed by atoms with Crippen molar-refractivity contribution in [3.63, 3.8) is 0 Å². The zero-order chi connectivity index (χ0) is 17.4. The molecule has 0 saturated heterocycles. The fourth-order valence-electron chi connectivity index (χ4n) is 2.86. The third kappa shape index (κ3) is 5.43. The molecule has 24 heavy (non-hydrogen) atoms. The number of alkyl halides is 2. The second-order valence-electron chi connectivity index (χ2n) is 6.06. The van der Waals surface area contributed by atoms with E-state index in [9.17, 15) is 0 Å². The predicted molar refractivity (Wildman–Crippen MR) is 99.7 cm³/mol. The molecule has 2 rings (SSSR count). The van der Waals surface area contributed by atoms with Crippen molar-refractivity contribution in [1.82, 2.24) is 0 Å². The Bertz CT molecular complexity index is 748. The number of rotatable bonds is 7. The summed E-state index contributed by atoms with van der Waals surface area (Å²) < 4.78 is 2.60. The molecule has 0 aliphatic carbocycles. The minimum atomic E-state index is 0.230. The predicted octanol–water partition coefficient (Wildman–Crippen LogP) is 1.88. The number of benzene rings is 2. The van der Waals surface area contributed by atoms with E-state index in [0.717, 1.165) is 17.5 Å².